The minimum absolute atomic E-state index is 0.0186. The molecule has 0 fully saturated rings. The van der Waals surface area contributed by atoms with Crippen molar-refractivity contribution < 1.29 is 14.4 Å². The highest BCUT2D eigenvalue weighted by atomic mass is 16.6. The summed E-state index contributed by atoms with van der Waals surface area (Å²) in [5, 5.41) is 10.9. The van der Waals surface area contributed by atoms with Gasteiger partial charge in [0.15, 0.2) is 0 Å². The van der Waals surface area contributed by atoms with Gasteiger partial charge in [-0.2, -0.15) is 4.98 Å². The van der Waals surface area contributed by atoms with Crippen LogP contribution in [0.5, 0.6) is 17.5 Å². The molecule has 2 rings (SSSR count). The third kappa shape index (κ3) is 2.86. The first-order valence-corrected chi connectivity index (χ1v) is 5.19. The number of nitrogens with two attached hydrogens (primary N) is 1. The van der Waals surface area contributed by atoms with Gasteiger partial charge in [-0.3, -0.25) is 10.1 Å². The summed E-state index contributed by atoms with van der Waals surface area (Å²) in [5.41, 5.74) is 5.26. The molecule has 0 amide bonds. The Labute approximate surface area is 108 Å². The van der Waals surface area contributed by atoms with Crippen molar-refractivity contribution >= 4 is 11.5 Å². The molecule has 0 aliphatic heterocycles. The van der Waals surface area contributed by atoms with E-state index in [1.165, 1.54) is 37.6 Å². The molecule has 0 atom stereocenters. The Morgan fingerprint density at radius 2 is 2.16 bits per heavy atom. The zero-order valence-electron chi connectivity index (χ0n) is 9.94. The molecule has 0 aliphatic rings. The first-order valence-electron chi connectivity index (χ1n) is 5.19. The maximum absolute atomic E-state index is 10.9. The number of hydrogen-bond donors (Lipinski definition) is 1. The van der Waals surface area contributed by atoms with Crippen LogP contribution in [-0.4, -0.2) is 22.0 Å². The fraction of sp³-hybridized carbons (Fsp3) is 0.0909. The summed E-state index contributed by atoms with van der Waals surface area (Å²) in [6, 6.07) is 5.53. The molecule has 0 saturated carbocycles. The van der Waals surface area contributed by atoms with Gasteiger partial charge in [0.25, 0.3) is 0 Å². The Morgan fingerprint density at radius 1 is 1.37 bits per heavy atom. The molecule has 0 unspecified atom stereocenters. The molecule has 0 radical (unpaired) electrons. The van der Waals surface area contributed by atoms with Gasteiger partial charge in [-0.05, 0) is 12.1 Å². The summed E-state index contributed by atoms with van der Waals surface area (Å²) >= 11 is 0. The number of nitro benzene ring substituents is 1. The van der Waals surface area contributed by atoms with E-state index in [1.807, 2.05) is 0 Å². The fourth-order valence-corrected chi connectivity index (χ4v) is 1.36. The van der Waals surface area contributed by atoms with Gasteiger partial charge in [0, 0.05) is 18.3 Å². The second-order valence-electron chi connectivity index (χ2n) is 3.46. The average molecular weight is 262 g/mol. The van der Waals surface area contributed by atoms with E-state index >= 15 is 0 Å². The first-order chi connectivity index (χ1) is 9.10. The van der Waals surface area contributed by atoms with Gasteiger partial charge in [0.05, 0.1) is 12.0 Å². The van der Waals surface area contributed by atoms with Crippen molar-refractivity contribution in [3.63, 3.8) is 0 Å². The number of anilines is 1. The highest BCUT2D eigenvalue weighted by molar-refractivity contribution is 5.51. The lowest BCUT2D eigenvalue weighted by Gasteiger charge is -2.06. The fourth-order valence-electron chi connectivity index (χ4n) is 1.36. The topological polar surface area (TPSA) is 113 Å². The molecule has 1 aromatic carbocycles. The number of methoxy groups -OCH3 is 1. The van der Waals surface area contributed by atoms with Crippen molar-refractivity contribution in [1.82, 2.24) is 9.97 Å². The van der Waals surface area contributed by atoms with Gasteiger partial charge in [-0.25, -0.2) is 4.98 Å². The van der Waals surface area contributed by atoms with E-state index in [2.05, 4.69) is 9.97 Å². The average Bonchev–Trinajstić information content (AvgIpc) is 2.38. The number of rotatable bonds is 4. The van der Waals surface area contributed by atoms with Crippen LogP contribution in [0.15, 0.2) is 30.5 Å². The predicted molar refractivity (Wildman–Crippen MR) is 66.2 cm³/mol. The summed E-state index contributed by atoms with van der Waals surface area (Å²) in [7, 11) is 1.45. The zero-order valence-corrected chi connectivity index (χ0v) is 9.94. The number of nitro groups is 1. The lowest BCUT2D eigenvalue weighted by molar-refractivity contribution is -0.385. The molecular weight excluding hydrogens is 252 g/mol. The molecule has 19 heavy (non-hydrogen) atoms. The van der Waals surface area contributed by atoms with Crippen LogP contribution >= 0.6 is 0 Å². The van der Waals surface area contributed by atoms with Gasteiger partial charge in [-0.1, -0.05) is 0 Å². The molecular formula is C11H10N4O4. The Hall–Kier alpha value is -2.90. The Morgan fingerprint density at radius 3 is 2.79 bits per heavy atom. The summed E-state index contributed by atoms with van der Waals surface area (Å²) < 4.78 is 10.3. The van der Waals surface area contributed by atoms with Crippen molar-refractivity contribution in [1.29, 1.82) is 0 Å². The minimum atomic E-state index is -0.568. The molecule has 0 saturated heterocycles. The number of nitrogens with zero attached hydrogens (tertiary/aromatic N) is 3. The highest BCUT2D eigenvalue weighted by Gasteiger charge is 2.17. The molecule has 8 nitrogen and oxygen atoms in total. The predicted octanol–water partition coefficient (Wildman–Crippen LogP) is 1.77. The first kappa shape index (κ1) is 12.6. The lowest BCUT2D eigenvalue weighted by Crippen LogP contribution is -1.98. The third-order valence-corrected chi connectivity index (χ3v) is 2.22. The standard InChI is InChI=1S/C11H10N4O4/c1-18-7-2-3-8(15(16)17)9(6-7)19-11-13-5-4-10(12)14-11/h2-6H,1H3,(H2,12,13,14). The summed E-state index contributed by atoms with van der Waals surface area (Å²) in [5.74, 6) is 0.606. The van der Waals surface area contributed by atoms with Gasteiger partial charge in [0.1, 0.15) is 11.6 Å². The maximum Gasteiger partial charge on any atom is 0.324 e. The van der Waals surface area contributed by atoms with Crippen molar-refractivity contribution in [3.05, 3.63) is 40.6 Å². The number of aromatic nitrogens is 2. The number of hydrogen-bond acceptors (Lipinski definition) is 7. The van der Waals surface area contributed by atoms with Gasteiger partial charge >= 0.3 is 11.7 Å². The van der Waals surface area contributed by atoms with Crippen molar-refractivity contribution in [2.75, 3.05) is 12.8 Å². The highest BCUT2D eigenvalue weighted by Crippen LogP contribution is 2.33. The smallest absolute Gasteiger partial charge is 0.324 e. The van der Waals surface area contributed by atoms with E-state index in [9.17, 15) is 10.1 Å². The maximum atomic E-state index is 10.9. The number of benzene rings is 1. The number of nitrogen functional groups attached to an aromatic ring is 1. The van der Waals surface area contributed by atoms with Crippen LogP contribution in [-0.2, 0) is 0 Å². The molecule has 8 heteroatoms. The van der Waals surface area contributed by atoms with E-state index in [0.717, 1.165) is 0 Å². The monoisotopic (exact) mass is 262 g/mol. The summed E-state index contributed by atoms with van der Waals surface area (Å²) in [6.45, 7) is 0. The van der Waals surface area contributed by atoms with Crippen LogP contribution in [0.25, 0.3) is 0 Å². The van der Waals surface area contributed by atoms with E-state index < -0.39 is 4.92 Å². The SMILES string of the molecule is COc1ccc([N+](=O)[O-])c(Oc2nccc(N)n2)c1. The largest absolute Gasteiger partial charge is 0.497 e. The summed E-state index contributed by atoms with van der Waals surface area (Å²) in [4.78, 5) is 17.9. The molecule has 1 heterocycles. The molecule has 1 aromatic heterocycles. The zero-order chi connectivity index (χ0) is 13.8. The summed E-state index contributed by atoms with van der Waals surface area (Å²) in [6.07, 6.45) is 1.39. The van der Waals surface area contributed by atoms with Gasteiger partial charge in [0.2, 0.25) is 5.75 Å². The van der Waals surface area contributed by atoms with Gasteiger partial charge < -0.3 is 15.2 Å². The van der Waals surface area contributed by atoms with Crippen LogP contribution in [0, 0.1) is 10.1 Å². The van der Waals surface area contributed by atoms with Crippen molar-refractivity contribution in [3.8, 4) is 17.5 Å². The van der Waals surface area contributed by atoms with Crippen LogP contribution in [0.2, 0.25) is 0 Å². The molecule has 0 aliphatic carbocycles. The van der Waals surface area contributed by atoms with Gasteiger partial charge in [-0.15, -0.1) is 0 Å². The normalized spacial score (nSPS) is 9.95. The van der Waals surface area contributed by atoms with Crippen molar-refractivity contribution in [2.24, 2.45) is 0 Å². The lowest BCUT2D eigenvalue weighted by atomic mass is 10.3. The van der Waals surface area contributed by atoms with E-state index in [-0.39, 0.29) is 23.3 Å². The van der Waals surface area contributed by atoms with Crippen LogP contribution in [0.4, 0.5) is 11.5 Å². The number of ether oxygens (including phenoxy) is 2. The van der Waals surface area contributed by atoms with Crippen LogP contribution in [0.3, 0.4) is 0 Å². The third-order valence-electron chi connectivity index (χ3n) is 2.22. The van der Waals surface area contributed by atoms with Crippen LogP contribution < -0.4 is 15.2 Å². The second-order valence-corrected chi connectivity index (χ2v) is 3.46. The quantitative estimate of drug-likeness (QED) is 0.659. The van der Waals surface area contributed by atoms with Crippen LogP contribution in [0.1, 0.15) is 0 Å². The van der Waals surface area contributed by atoms with E-state index in [4.69, 9.17) is 15.2 Å². The molecule has 0 bridgehead atoms. The minimum Gasteiger partial charge on any atom is -0.497 e. The molecule has 2 aromatic rings. The molecule has 0 spiro atoms. The van der Waals surface area contributed by atoms with E-state index in [0.29, 0.717) is 5.75 Å². The van der Waals surface area contributed by atoms with E-state index in [1.54, 1.807) is 0 Å². The Kier molecular flexibility index (Phi) is 3.42. The Bertz CT molecular complexity index is 617. The molecule has 98 valence electrons. The second kappa shape index (κ2) is 5.17. The molecule has 2 N–H and O–H groups in total. The van der Waals surface area contributed by atoms with Crippen molar-refractivity contribution in [2.45, 2.75) is 0 Å². The Balaban J connectivity index is 2.39.